The van der Waals surface area contributed by atoms with Crippen molar-refractivity contribution < 1.29 is 14.3 Å². The Hall–Kier alpha value is -1.43. The molecule has 2 aliphatic heterocycles. The van der Waals surface area contributed by atoms with Gasteiger partial charge in [0.05, 0.1) is 31.8 Å². The summed E-state index contributed by atoms with van der Waals surface area (Å²) in [6.45, 7) is 5.01. The van der Waals surface area contributed by atoms with Crippen molar-refractivity contribution >= 4 is 5.91 Å². The summed E-state index contributed by atoms with van der Waals surface area (Å²) in [6, 6.07) is 10.3. The van der Waals surface area contributed by atoms with E-state index >= 15 is 0 Å². The van der Waals surface area contributed by atoms with Crippen LogP contribution in [-0.2, 0) is 20.9 Å². The normalized spacial score (nSPS) is 26.9. The highest BCUT2D eigenvalue weighted by atomic mass is 16.5. The average molecular weight is 346 g/mol. The van der Waals surface area contributed by atoms with Gasteiger partial charge in [0, 0.05) is 33.7 Å². The summed E-state index contributed by atoms with van der Waals surface area (Å²) in [5.41, 5.74) is 1.21. The zero-order valence-corrected chi connectivity index (χ0v) is 15.4. The van der Waals surface area contributed by atoms with Crippen LogP contribution >= 0.6 is 0 Å². The second kappa shape index (κ2) is 8.79. The Balaban J connectivity index is 1.41. The van der Waals surface area contributed by atoms with Crippen LogP contribution in [0.25, 0.3) is 0 Å². The van der Waals surface area contributed by atoms with Gasteiger partial charge in [-0.25, -0.2) is 0 Å². The van der Waals surface area contributed by atoms with E-state index in [1.165, 1.54) is 5.56 Å². The van der Waals surface area contributed by atoms with Crippen LogP contribution in [0.15, 0.2) is 30.3 Å². The maximum Gasteiger partial charge on any atom is 0.227 e. The molecule has 5 heteroatoms. The van der Waals surface area contributed by atoms with E-state index in [0.717, 1.165) is 39.1 Å². The van der Waals surface area contributed by atoms with Crippen LogP contribution in [0.4, 0.5) is 0 Å². The summed E-state index contributed by atoms with van der Waals surface area (Å²) in [4.78, 5) is 16.4. The molecule has 0 radical (unpaired) electrons. The van der Waals surface area contributed by atoms with Crippen molar-refractivity contribution in [3.63, 3.8) is 0 Å². The van der Waals surface area contributed by atoms with Crippen LogP contribution < -0.4 is 0 Å². The molecule has 2 aliphatic rings. The minimum Gasteiger partial charge on any atom is -0.377 e. The standard InChI is InChI=1S/C20H30N2O3/c1-21(2)20(23)18-12-17-13-22(9-8-19(17)25-15-18)10-11-24-14-16-6-4-3-5-7-16/h3-7,17-19H,8-15H2,1-2H3/t17-,18-,19+/m0/s1. The molecule has 0 aliphatic carbocycles. The molecular weight excluding hydrogens is 316 g/mol. The molecular formula is C20H30N2O3. The smallest absolute Gasteiger partial charge is 0.227 e. The number of carbonyl (C=O) groups is 1. The lowest BCUT2D eigenvalue weighted by molar-refractivity contribution is -0.146. The summed E-state index contributed by atoms with van der Waals surface area (Å²) in [5, 5.41) is 0. The minimum absolute atomic E-state index is 0.0190. The van der Waals surface area contributed by atoms with Crippen molar-refractivity contribution in [2.75, 3.05) is 46.9 Å². The molecule has 2 fully saturated rings. The number of likely N-dealkylation sites (tertiary alicyclic amines) is 1. The summed E-state index contributed by atoms with van der Waals surface area (Å²) in [5.74, 6) is 0.679. The van der Waals surface area contributed by atoms with Gasteiger partial charge in [-0.2, -0.15) is 0 Å². The third-order valence-corrected chi connectivity index (χ3v) is 5.30. The molecule has 0 bridgehead atoms. The molecule has 138 valence electrons. The Morgan fingerprint density at radius 3 is 2.88 bits per heavy atom. The first kappa shape index (κ1) is 18.4. The number of amides is 1. The van der Waals surface area contributed by atoms with Crippen LogP contribution in [0.2, 0.25) is 0 Å². The van der Waals surface area contributed by atoms with E-state index in [0.29, 0.717) is 25.2 Å². The molecule has 25 heavy (non-hydrogen) atoms. The predicted molar refractivity (Wildman–Crippen MR) is 97.2 cm³/mol. The predicted octanol–water partition coefficient (Wildman–Crippen LogP) is 2.02. The Morgan fingerprint density at radius 1 is 1.32 bits per heavy atom. The summed E-state index contributed by atoms with van der Waals surface area (Å²) >= 11 is 0. The second-order valence-corrected chi connectivity index (χ2v) is 7.42. The van der Waals surface area contributed by atoms with Gasteiger partial charge in [0.15, 0.2) is 0 Å². The average Bonchev–Trinajstić information content (AvgIpc) is 2.64. The molecule has 5 nitrogen and oxygen atoms in total. The quantitative estimate of drug-likeness (QED) is 0.739. The van der Waals surface area contributed by atoms with E-state index in [2.05, 4.69) is 17.0 Å². The summed E-state index contributed by atoms with van der Waals surface area (Å²) in [7, 11) is 3.65. The summed E-state index contributed by atoms with van der Waals surface area (Å²) < 4.78 is 11.8. The van der Waals surface area contributed by atoms with E-state index in [9.17, 15) is 4.79 Å². The Morgan fingerprint density at radius 2 is 2.12 bits per heavy atom. The Bertz CT molecular complexity index is 549. The first-order valence-electron chi connectivity index (χ1n) is 9.30. The molecule has 0 unspecified atom stereocenters. The first-order chi connectivity index (χ1) is 12.1. The number of ether oxygens (including phenoxy) is 2. The van der Waals surface area contributed by atoms with Gasteiger partial charge in [0.1, 0.15) is 0 Å². The van der Waals surface area contributed by atoms with E-state index in [4.69, 9.17) is 9.47 Å². The van der Waals surface area contributed by atoms with Crippen molar-refractivity contribution in [3.8, 4) is 0 Å². The van der Waals surface area contributed by atoms with Crippen LogP contribution in [-0.4, -0.2) is 68.8 Å². The molecule has 0 N–H and O–H groups in total. The third-order valence-electron chi connectivity index (χ3n) is 5.30. The van der Waals surface area contributed by atoms with Crippen molar-refractivity contribution in [1.82, 2.24) is 9.80 Å². The maximum absolute atomic E-state index is 12.2. The van der Waals surface area contributed by atoms with Gasteiger partial charge in [-0.3, -0.25) is 4.79 Å². The number of benzene rings is 1. The van der Waals surface area contributed by atoms with Gasteiger partial charge in [-0.15, -0.1) is 0 Å². The molecule has 3 rings (SSSR count). The molecule has 2 saturated heterocycles. The Kier molecular flexibility index (Phi) is 6.45. The second-order valence-electron chi connectivity index (χ2n) is 7.42. The SMILES string of the molecule is CN(C)C(=O)[C@@H]1CO[C@@H]2CCN(CCOCc3ccccc3)C[C@@H]2C1. The van der Waals surface area contributed by atoms with Gasteiger partial charge >= 0.3 is 0 Å². The lowest BCUT2D eigenvalue weighted by atomic mass is 9.83. The zero-order valence-electron chi connectivity index (χ0n) is 15.4. The number of carbonyl (C=O) groups excluding carboxylic acids is 1. The largest absolute Gasteiger partial charge is 0.377 e. The molecule has 3 atom stereocenters. The lowest BCUT2D eigenvalue weighted by Crippen LogP contribution is -2.50. The highest BCUT2D eigenvalue weighted by Crippen LogP contribution is 2.31. The first-order valence-corrected chi connectivity index (χ1v) is 9.30. The highest BCUT2D eigenvalue weighted by molar-refractivity contribution is 5.78. The molecule has 0 aromatic heterocycles. The number of hydrogen-bond donors (Lipinski definition) is 0. The fourth-order valence-electron chi connectivity index (χ4n) is 3.90. The van der Waals surface area contributed by atoms with Gasteiger partial charge in [-0.1, -0.05) is 30.3 Å². The molecule has 2 heterocycles. The summed E-state index contributed by atoms with van der Waals surface area (Å²) in [6.07, 6.45) is 2.34. The number of rotatable bonds is 6. The van der Waals surface area contributed by atoms with Crippen LogP contribution in [0.5, 0.6) is 0 Å². The van der Waals surface area contributed by atoms with Crippen molar-refractivity contribution in [3.05, 3.63) is 35.9 Å². The fraction of sp³-hybridized carbons (Fsp3) is 0.650. The topological polar surface area (TPSA) is 42.0 Å². The van der Waals surface area contributed by atoms with Gasteiger partial charge in [0.2, 0.25) is 5.91 Å². The number of piperidine rings is 1. The van der Waals surface area contributed by atoms with E-state index in [1.807, 2.05) is 32.3 Å². The number of hydrogen-bond acceptors (Lipinski definition) is 4. The minimum atomic E-state index is 0.0190. The number of nitrogens with zero attached hydrogens (tertiary/aromatic N) is 2. The van der Waals surface area contributed by atoms with Crippen LogP contribution in [0, 0.1) is 11.8 Å². The monoisotopic (exact) mass is 346 g/mol. The van der Waals surface area contributed by atoms with E-state index in [-0.39, 0.29) is 11.8 Å². The van der Waals surface area contributed by atoms with E-state index < -0.39 is 0 Å². The molecule has 0 spiro atoms. The van der Waals surface area contributed by atoms with Gasteiger partial charge in [-0.05, 0) is 24.3 Å². The van der Waals surface area contributed by atoms with Crippen LogP contribution in [0.1, 0.15) is 18.4 Å². The van der Waals surface area contributed by atoms with Crippen LogP contribution in [0.3, 0.4) is 0 Å². The zero-order chi connectivity index (χ0) is 17.6. The third kappa shape index (κ3) is 5.03. The van der Waals surface area contributed by atoms with Crippen molar-refractivity contribution in [2.24, 2.45) is 11.8 Å². The molecule has 1 aromatic carbocycles. The van der Waals surface area contributed by atoms with Crippen molar-refractivity contribution in [2.45, 2.75) is 25.6 Å². The fourth-order valence-corrected chi connectivity index (χ4v) is 3.90. The molecule has 1 aromatic rings. The van der Waals surface area contributed by atoms with E-state index in [1.54, 1.807) is 4.90 Å². The lowest BCUT2D eigenvalue weighted by Gasteiger charge is -2.43. The van der Waals surface area contributed by atoms with Gasteiger partial charge < -0.3 is 19.3 Å². The Labute approximate surface area is 150 Å². The maximum atomic E-state index is 12.2. The molecule has 1 amide bonds. The highest BCUT2D eigenvalue weighted by Gasteiger charge is 2.38. The number of fused-ring (bicyclic) bond motifs is 1. The van der Waals surface area contributed by atoms with Gasteiger partial charge in [0.25, 0.3) is 0 Å². The molecule has 0 saturated carbocycles. The van der Waals surface area contributed by atoms with Crippen molar-refractivity contribution in [1.29, 1.82) is 0 Å².